The van der Waals surface area contributed by atoms with Crippen molar-refractivity contribution in [3.8, 4) is 11.5 Å². The van der Waals surface area contributed by atoms with Crippen LogP contribution in [-0.4, -0.2) is 25.4 Å². The molecule has 0 atom stereocenters. The van der Waals surface area contributed by atoms with Gasteiger partial charge in [-0.3, -0.25) is 5.43 Å². The fourth-order valence-electron chi connectivity index (χ4n) is 1.78. The standard InChI is InChI=1S/C15H13BrF3N3O2/c1-23-12-6-13(24-2)11(16)5-9(12)7-21-22-14-4-3-10(8-20-14)15(17,18)19/h3-8H,1-2H3,(H,20,22)/b21-7-. The maximum atomic E-state index is 12.5. The zero-order chi connectivity index (χ0) is 17.7. The van der Waals surface area contributed by atoms with Crippen LogP contribution in [0.5, 0.6) is 11.5 Å². The SMILES string of the molecule is COc1cc(OC)c(/C=N\Nc2ccc(C(F)(F)F)cn2)cc1Br. The summed E-state index contributed by atoms with van der Waals surface area (Å²) >= 11 is 3.35. The summed E-state index contributed by atoms with van der Waals surface area (Å²) in [5.74, 6) is 1.31. The Balaban J connectivity index is 2.13. The molecule has 1 N–H and O–H groups in total. The van der Waals surface area contributed by atoms with Gasteiger partial charge in [0.05, 0.1) is 30.5 Å². The van der Waals surface area contributed by atoms with E-state index in [0.29, 0.717) is 21.5 Å². The van der Waals surface area contributed by atoms with E-state index < -0.39 is 11.7 Å². The first-order valence-corrected chi connectivity index (χ1v) is 7.38. The zero-order valence-electron chi connectivity index (χ0n) is 12.7. The summed E-state index contributed by atoms with van der Waals surface area (Å²) in [6.07, 6.45) is -2.22. The van der Waals surface area contributed by atoms with Crippen LogP contribution in [0.25, 0.3) is 0 Å². The van der Waals surface area contributed by atoms with E-state index in [2.05, 4.69) is 31.4 Å². The van der Waals surface area contributed by atoms with Gasteiger partial charge in [-0.25, -0.2) is 4.98 Å². The summed E-state index contributed by atoms with van der Waals surface area (Å²) in [5, 5.41) is 3.95. The van der Waals surface area contributed by atoms with Crippen molar-refractivity contribution in [1.29, 1.82) is 0 Å². The van der Waals surface area contributed by atoms with E-state index in [1.54, 1.807) is 12.1 Å². The quantitative estimate of drug-likeness (QED) is 0.596. The number of aromatic nitrogens is 1. The van der Waals surface area contributed by atoms with Crippen LogP contribution in [-0.2, 0) is 6.18 Å². The van der Waals surface area contributed by atoms with Gasteiger partial charge in [0.25, 0.3) is 0 Å². The van der Waals surface area contributed by atoms with Crippen molar-refractivity contribution in [2.24, 2.45) is 5.10 Å². The van der Waals surface area contributed by atoms with Crippen molar-refractivity contribution in [2.45, 2.75) is 6.18 Å². The number of rotatable bonds is 5. The Morgan fingerprint density at radius 3 is 2.42 bits per heavy atom. The highest BCUT2D eigenvalue weighted by Crippen LogP contribution is 2.32. The lowest BCUT2D eigenvalue weighted by Gasteiger charge is -2.09. The summed E-state index contributed by atoms with van der Waals surface area (Å²) < 4.78 is 48.5. The Morgan fingerprint density at radius 1 is 1.17 bits per heavy atom. The van der Waals surface area contributed by atoms with Gasteiger partial charge in [0.15, 0.2) is 0 Å². The zero-order valence-corrected chi connectivity index (χ0v) is 14.3. The molecule has 2 aromatic rings. The second-order valence-electron chi connectivity index (χ2n) is 4.53. The average Bonchev–Trinajstić information content (AvgIpc) is 2.55. The fourth-order valence-corrected chi connectivity index (χ4v) is 2.30. The van der Waals surface area contributed by atoms with Crippen LogP contribution in [0.4, 0.5) is 19.0 Å². The Kier molecular flexibility index (Phi) is 5.66. The number of alkyl halides is 3. The first-order valence-electron chi connectivity index (χ1n) is 6.59. The van der Waals surface area contributed by atoms with Gasteiger partial charge in [-0.05, 0) is 34.1 Å². The first kappa shape index (κ1) is 18.1. The number of nitrogens with one attached hydrogen (secondary N) is 1. The van der Waals surface area contributed by atoms with E-state index in [1.807, 2.05) is 0 Å². The van der Waals surface area contributed by atoms with Gasteiger partial charge in [0.1, 0.15) is 17.3 Å². The number of hydrogen-bond donors (Lipinski definition) is 1. The first-order chi connectivity index (χ1) is 11.3. The molecular weight excluding hydrogens is 391 g/mol. The molecule has 0 spiro atoms. The molecule has 0 fully saturated rings. The van der Waals surface area contributed by atoms with Crippen LogP contribution in [0.15, 0.2) is 40.0 Å². The molecule has 24 heavy (non-hydrogen) atoms. The van der Waals surface area contributed by atoms with Gasteiger partial charge >= 0.3 is 6.18 Å². The van der Waals surface area contributed by atoms with Crippen molar-refractivity contribution >= 4 is 28.0 Å². The third kappa shape index (κ3) is 4.38. The minimum absolute atomic E-state index is 0.186. The lowest BCUT2D eigenvalue weighted by Crippen LogP contribution is -2.05. The highest BCUT2D eigenvalue weighted by molar-refractivity contribution is 9.10. The number of nitrogens with zero attached hydrogens (tertiary/aromatic N) is 2. The minimum atomic E-state index is -4.42. The molecule has 0 aliphatic rings. The maximum Gasteiger partial charge on any atom is 0.417 e. The predicted octanol–water partition coefficient (Wildman–Crippen LogP) is 4.33. The molecule has 0 saturated carbocycles. The summed E-state index contributed by atoms with van der Waals surface area (Å²) in [6.45, 7) is 0. The summed E-state index contributed by atoms with van der Waals surface area (Å²) in [5.41, 5.74) is 2.38. The monoisotopic (exact) mass is 403 g/mol. The largest absolute Gasteiger partial charge is 0.496 e. The van der Waals surface area contributed by atoms with Gasteiger partial charge in [0, 0.05) is 17.8 Å². The van der Waals surface area contributed by atoms with E-state index in [9.17, 15) is 13.2 Å². The van der Waals surface area contributed by atoms with E-state index in [-0.39, 0.29) is 5.82 Å². The van der Waals surface area contributed by atoms with E-state index >= 15 is 0 Å². The third-order valence-electron chi connectivity index (χ3n) is 2.98. The molecular formula is C15H13BrF3N3O2. The van der Waals surface area contributed by atoms with Crippen molar-refractivity contribution in [1.82, 2.24) is 4.98 Å². The van der Waals surface area contributed by atoms with Gasteiger partial charge in [-0.2, -0.15) is 18.3 Å². The van der Waals surface area contributed by atoms with Crippen LogP contribution >= 0.6 is 15.9 Å². The highest BCUT2D eigenvalue weighted by Gasteiger charge is 2.30. The maximum absolute atomic E-state index is 12.5. The number of hydrazone groups is 1. The number of anilines is 1. The molecule has 5 nitrogen and oxygen atoms in total. The average molecular weight is 404 g/mol. The molecule has 1 aromatic carbocycles. The van der Waals surface area contributed by atoms with Crippen LogP contribution in [0, 0.1) is 0 Å². The van der Waals surface area contributed by atoms with Gasteiger partial charge in [-0.1, -0.05) is 0 Å². The molecule has 0 amide bonds. The Hall–Kier alpha value is -2.29. The van der Waals surface area contributed by atoms with Crippen molar-refractivity contribution in [2.75, 3.05) is 19.6 Å². The van der Waals surface area contributed by atoms with Crippen LogP contribution < -0.4 is 14.9 Å². The Morgan fingerprint density at radius 2 is 1.88 bits per heavy atom. The molecule has 0 unspecified atom stereocenters. The molecule has 1 aromatic heterocycles. The molecule has 2 rings (SSSR count). The van der Waals surface area contributed by atoms with E-state index in [4.69, 9.17) is 9.47 Å². The lowest BCUT2D eigenvalue weighted by molar-refractivity contribution is -0.137. The minimum Gasteiger partial charge on any atom is -0.496 e. The van der Waals surface area contributed by atoms with Crippen molar-refractivity contribution < 1.29 is 22.6 Å². The topological polar surface area (TPSA) is 55.7 Å². The molecule has 0 radical (unpaired) electrons. The molecule has 9 heteroatoms. The second kappa shape index (κ2) is 7.52. The number of pyridine rings is 1. The molecule has 0 saturated heterocycles. The second-order valence-corrected chi connectivity index (χ2v) is 5.38. The molecule has 1 heterocycles. The van der Waals surface area contributed by atoms with Crippen molar-refractivity contribution in [3.63, 3.8) is 0 Å². The van der Waals surface area contributed by atoms with Crippen LogP contribution in [0.3, 0.4) is 0 Å². The van der Waals surface area contributed by atoms with Gasteiger partial charge in [0.2, 0.25) is 0 Å². The van der Waals surface area contributed by atoms with Crippen LogP contribution in [0.1, 0.15) is 11.1 Å². The summed E-state index contributed by atoms with van der Waals surface area (Å²) in [6, 6.07) is 5.54. The Labute approximate surface area is 144 Å². The number of ether oxygens (including phenoxy) is 2. The predicted molar refractivity (Wildman–Crippen MR) is 87.7 cm³/mol. The summed E-state index contributed by atoms with van der Waals surface area (Å²) in [4.78, 5) is 3.66. The molecule has 0 aliphatic heterocycles. The normalized spacial score (nSPS) is 11.6. The number of halogens is 4. The molecule has 0 aliphatic carbocycles. The smallest absolute Gasteiger partial charge is 0.417 e. The number of hydrogen-bond acceptors (Lipinski definition) is 5. The Bertz CT molecular complexity index is 734. The van der Waals surface area contributed by atoms with Crippen LogP contribution in [0.2, 0.25) is 0 Å². The molecule has 128 valence electrons. The number of methoxy groups -OCH3 is 2. The van der Waals surface area contributed by atoms with Gasteiger partial charge < -0.3 is 9.47 Å². The fraction of sp³-hybridized carbons (Fsp3) is 0.200. The van der Waals surface area contributed by atoms with Crippen molar-refractivity contribution in [3.05, 3.63) is 46.1 Å². The summed E-state index contributed by atoms with van der Waals surface area (Å²) in [7, 11) is 3.04. The van der Waals surface area contributed by atoms with E-state index in [0.717, 1.165) is 12.3 Å². The third-order valence-corrected chi connectivity index (χ3v) is 3.60. The molecule has 0 bridgehead atoms. The van der Waals surface area contributed by atoms with E-state index in [1.165, 1.54) is 26.5 Å². The highest BCUT2D eigenvalue weighted by atomic mass is 79.9. The van der Waals surface area contributed by atoms with Gasteiger partial charge in [-0.15, -0.1) is 0 Å². The lowest BCUT2D eigenvalue weighted by atomic mass is 10.2. The number of benzene rings is 1.